The molecule has 0 saturated carbocycles. The van der Waals surface area contributed by atoms with Crippen molar-refractivity contribution >= 4 is 12.0 Å². The number of rotatable bonds is 1. The van der Waals surface area contributed by atoms with Gasteiger partial charge in [-0.25, -0.2) is 4.79 Å². The van der Waals surface area contributed by atoms with Crippen molar-refractivity contribution in [1.29, 1.82) is 5.26 Å². The molecule has 104 valence electrons. The molecule has 1 aromatic rings. The Hall–Kier alpha value is -2.24. The van der Waals surface area contributed by atoms with E-state index in [0.29, 0.717) is 0 Å². The molecule has 0 atom stereocenters. The van der Waals surface area contributed by atoms with Crippen molar-refractivity contribution in [3.63, 3.8) is 0 Å². The number of nitrogens with one attached hydrogen (secondary N) is 1. The van der Waals surface area contributed by atoms with E-state index in [1.165, 1.54) is 6.07 Å². The van der Waals surface area contributed by atoms with Crippen LogP contribution in [0.15, 0.2) is 4.42 Å². The molecule has 1 N–H and O–H groups in total. The van der Waals surface area contributed by atoms with E-state index in [1.54, 1.807) is 20.8 Å². The van der Waals surface area contributed by atoms with Gasteiger partial charge in [-0.05, 0) is 20.8 Å². The van der Waals surface area contributed by atoms with Crippen LogP contribution in [0.25, 0.3) is 0 Å². The van der Waals surface area contributed by atoms with E-state index in [-0.39, 0.29) is 0 Å². The molecule has 0 bridgehead atoms. The maximum Gasteiger partial charge on any atom is 0.469 e. The highest BCUT2D eigenvalue weighted by atomic mass is 19.4. The first kappa shape index (κ1) is 14.8. The van der Waals surface area contributed by atoms with Crippen molar-refractivity contribution < 1.29 is 27.1 Å². The number of hydrogen-bond acceptors (Lipinski definition) is 5. The number of oxazole rings is 1. The van der Waals surface area contributed by atoms with Crippen molar-refractivity contribution in [3.05, 3.63) is 11.6 Å². The molecular weight excluding hydrogens is 267 g/mol. The minimum atomic E-state index is -4.85. The highest BCUT2D eigenvalue weighted by molar-refractivity contribution is 5.84. The Morgan fingerprint density at radius 3 is 2.42 bits per heavy atom. The number of halogens is 3. The number of nitriles is 1. The number of nitrogens with zero attached hydrogens (tertiary/aromatic N) is 2. The Kier molecular flexibility index (Phi) is 3.74. The SMILES string of the molecule is CC(C)(C)OC(=O)Nc1oc(C(F)(F)F)nc1C#N. The van der Waals surface area contributed by atoms with Crippen molar-refractivity contribution in [2.75, 3.05) is 5.32 Å². The topological polar surface area (TPSA) is 88.2 Å². The van der Waals surface area contributed by atoms with Crippen molar-refractivity contribution in [1.82, 2.24) is 4.98 Å². The van der Waals surface area contributed by atoms with Crippen LogP contribution in [0.3, 0.4) is 0 Å². The lowest BCUT2D eigenvalue weighted by Crippen LogP contribution is -2.27. The predicted octanol–water partition coefficient (Wildman–Crippen LogP) is 2.91. The van der Waals surface area contributed by atoms with E-state index in [2.05, 4.69) is 9.40 Å². The summed E-state index contributed by atoms with van der Waals surface area (Å²) in [4.78, 5) is 14.3. The Labute approximate surface area is 106 Å². The Morgan fingerprint density at radius 2 is 2.00 bits per heavy atom. The molecule has 1 aromatic heterocycles. The summed E-state index contributed by atoms with van der Waals surface area (Å²) in [6.07, 6.45) is -5.90. The minimum Gasteiger partial charge on any atom is -0.444 e. The van der Waals surface area contributed by atoms with Crippen LogP contribution in [0, 0.1) is 11.3 Å². The highest BCUT2D eigenvalue weighted by Crippen LogP contribution is 2.31. The summed E-state index contributed by atoms with van der Waals surface area (Å²) in [6.45, 7) is 4.71. The second-order valence-corrected chi connectivity index (χ2v) is 4.43. The van der Waals surface area contributed by atoms with E-state index >= 15 is 0 Å². The maximum absolute atomic E-state index is 12.3. The van der Waals surface area contributed by atoms with Crippen molar-refractivity contribution in [3.8, 4) is 6.07 Å². The molecular formula is C10H10F3N3O3. The lowest BCUT2D eigenvalue weighted by atomic mass is 10.2. The Morgan fingerprint density at radius 1 is 1.42 bits per heavy atom. The summed E-state index contributed by atoms with van der Waals surface area (Å²) in [5, 5.41) is 10.5. The van der Waals surface area contributed by atoms with Gasteiger partial charge >= 0.3 is 18.2 Å². The van der Waals surface area contributed by atoms with Gasteiger partial charge in [-0.3, -0.25) is 5.32 Å². The monoisotopic (exact) mass is 277 g/mol. The van der Waals surface area contributed by atoms with E-state index in [1.807, 2.05) is 5.32 Å². The fourth-order valence-corrected chi connectivity index (χ4v) is 0.998. The van der Waals surface area contributed by atoms with E-state index in [9.17, 15) is 18.0 Å². The molecule has 0 aromatic carbocycles. The smallest absolute Gasteiger partial charge is 0.444 e. The van der Waals surface area contributed by atoms with Crippen LogP contribution >= 0.6 is 0 Å². The quantitative estimate of drug-likeness (QED) is 0.852. The van der Waals surface area contributed by atoms with Gasteiger partial charge in [0.25, 0.3) is 0 Å². The van der Waals surface area contributed by atoms with Gasteiger partial charge in [0, 0.05) is 0 Å². The molecule has 0 spiro atoms. The first-order valence-electron chi connectivity index (χ1n) is 5.01. The molecule has 1 amide bonds. The Balaban J connectivity index is 2.93. The number of carbonyl (C=O) groups is 1. The number of aromatic nitrogens is 1. The molecule has 0 aliphatic carbocycles. The summed E-state index contributed by atoms with van der Waals surface area (Å²) in [6, 6.07) is 1.38. The molecule has 9 heteroatoms. The average molecular weight is 277 g/mol. The van der Waals surface area contributed by atoms with E-state index in [0.717, 1.165) is 0 Å². The number of anilines is 1. The largest absolute Gasteiger partial charge is 0.469 e. The molecule has 0 unspecified atom stereocenters. The zero-order valence-corrected chi connectivity index (χ0v) is 10.3. The molecule has 1 heterocycles. The fraction of sp³-hybridized carbons (Fsp3) is 0.500. The van der Waals surface area contributed by atoms with Crippen LogP contribution in [0.5, 0.6) is 0 Å². The van der Waals surface area contributed by atoms with Crippen molar-refractivity contribution in [2.45, 2.75) is 32.5 Å². The zero-order valence-electron chi connectivity index (χ0n) is 10.3. The number of alkyl halides is 3. The molecule has 0 aliphatic rings. The van der Waals surface area contributed by atoms with Gasteiger partial charge in [0.2, 0.25) is 11.6 Å². The molecule has 1 rings (SSSR count). The van der Waals surface area contributed by atoms with Crippen LogP contribution in [0.1, 0.15) is 32.4 Å². The number of carbonyl (C=O) groups excluding carboxylic acids is 1. The number of hydrogen-bond donors (Lipinski definition) is 1. The molecule has 0 radical (unpaired) electrons. The second-order valence-electron chi connectivity index (χ2n) is 4.43. The molecule has 0 saturated heterocycles. The lowest BCUT2D eigenvalue weighted by molar-refractivity contribution is -0.156. The maximum atomic E-state index is 12.3. The standard InChI is InChI=1S/C10H10F3N3O3/c1-9(2,3)19-8(17)16-6-5(4-14)15-7(18-6)10(11,12)13/h1-3H3,(H,16,17). The molecule has 6 nitrogen and oxygen atoms in total. The molecule has 19 heavy (non-hydrogen) atoms. The van der Waals surface area contributed by atoms with Crippen LogP contribution in [-0.2, 0) is 10.9 Å². The van der Waals surface area contributed by atoms with Crippen LogP contribution in [0.2, 0.25) is 0 Å². The molecule has 0 fully saturated rings. The summed E-state index contributed by atoms with van der Waals surface area (Å²) >= 11 is 0. The van der Waals surface area contributed by atoms with Gasteiger partial charge in [0.15, 0.2) is 0 Å². The third kappa shape index (κ3) is 4.17. The summed E-state index contributed by atoms with van der Waals surface area (Å²) in [7, 11) is 0. The van der Waals surface area contributed by atoms with E-state index in [4.69, 9.17) is 10.00 Å². The number of ether oxygens (including phenoxy) is 1. The number of amides is 1. The summed E-state index contributed by atoms with van der Waals surface area (Å²) in [5.74, 6) is -2.32. The third-order valence-electron chi connectivity index (χ3n) is 1.59. The van der Waals surface area contributed by atoms with Gasteiger partial charge in [-0.2, -0.15) is 23.4 Å². The van der Waals surface area contributed by atoms with Gasteiger partial charge in [0.1, 0.15) is 11.7 Å². The molecule has 0 aliphatic heterocycles. The van der Waals surface area contributed by atoms with Crippen LogP contribution < -0.4 is 5.32 Å². The third-order valence-corrected chi connectivity index (χ3v) is 1.59. The summed E-state index contributed by atoms with van der Waals surface area (Å²) in [5.41, 5.74) is -1.53. The Bertz CT molecular complexity index is 523. The normalized spacial score (nSPS) is 11.8. The highest BCUT2D eigenvalue weighted by Gasteiger charge is 2.39. The first-order chi connectivity index (χ1) is 8.53. The van der Waals surface area contributed by atoms with Crippen LogP contribution in [0.4, 0.5) is 23.8 Å². The van der Waals surface area contributed by atoms with Gasteiger partial charge in [-0.1, -0.05) is 0 Å². The average Bonchev–Trinajstić information content (AvgIpc) is 2.57. The first-order valence-corrected chi connectivity index (χ1v) is 5.01. The van der Waals surface area contributed by atoms with Gasteiger partial charge in [0.05, 0.1) is 0 Å². The lowest BCUT2D eigenvalue weighted by Gasteiger charge is -2.18. The van der Waals surface area contributed by atoms with Gasteiger partial charge < -0.3 is 9.15 Å². The summed E-state index contributed by atoms with van der Waals surface area (Å²) < 4.78 is 46.0. The fourth-order valence-electron chi connectivity index (χ4n) is 0.998. The second kappa shape index (κ2) is 4.79. The predicted molar refractivity (Wildman–Crippen MR) is 56.1 cm³/mol. The van der Waals surface area contributed by atoms with Gasteiger partial charge in [-0.15, -0.1) is 0 Å². The van der Waals surface area contributed by atoms with Crippen molar-refractivity contribution in [2.24, 2.45) is 0 Å². The van der Waals surface area contributed by atoms with E-state index < -0.39 is 35.3 Å². The van der Waals surface area contributed by atoms with Crippen LogP contribution in [-0.4, -0.2) is 16.7 Å². The minimum absolute atomic E-state index is 0.682. The zero-order chi connectivity index (χ0) is 14.8.